The summed E-state index contributed by atoms with van der Waals surface area (Å²) < 4.78 is 72.2. The number of aromatic nitrogens is 1. The van der Waals surface area contributed by atoms with Crippen LogP contribution in [0.15, 0.2) is 56.6 Å². The van der Waals surface area contributed by atoms with Crippen LogP contribution in [0, 0.1) is 5.92 Å². The number of amides is 1. The van der Waals surface area contributed by atoms with E-state index in [2.05, 4.69) is 5.32 Å². The van der Waals surface area contributed by atoms with E-state index in [9.17, 15) is 31.2 Å². The van der Waals surface area contributed by atoms with Crippen LogP contribution in [-0.2, 0) is 28.0 Å². The van der Waals surface area contributed by atoms with Crippen molar-refractivity contribution in [1.82, 2.24) is 8.87 Å². The topological polar surface area (TPSA) is 102 Å². The molecule has 1 fully saturated rings. The van der Waals surface area contributed by atoms with E-state index in [1.807, 2.05) is 0 Å². The molecule has 1 aliphatic heterocycles. The minimum atomic E-state index is -4.52. The lowest BCUT2D eigenvalue weighted by Crippen LogP contribution is -2.41. The molecule has 0 spiro atoms. The van der Waals surface area contributed by atoms with Gasteiger partial charge in [0.1, 0.15) is 0 Å². The number of piperidine rings is 1. The highest BCUT2D eigenvalue weighted by atomic mass is 32.2. The fraction of sp³-hybridized carbons (Fsp3) is 0.333. The maximum Gasteiger partial charge on any atom is 0.419 e. The average molecular weight is 483 g/mol. The number of aryl methyl sites for hydroxylation is 1. The number of alkyl halides is 3. The predicted octanol–water partition coefficient (Wildman–Crippen LogP) is 3.19. The van der Waals surface area contributed by atoms with Gasteiger partial charge in [0.2, 0.25) is 15.9 Å². The van der Waals surface area contributed by atoms with Crippen LogP contribution >= 0.6 is 0 Å². The number of carbonyl (C=O) groups excluding carboxylic acids is 1. The van der Waals surface area contributed by atoms with Crippen LogP contribution in [-0.4, -0.2) is 36.3 Å². The number of hydrogen-bond acceptors (Lipinski definition) is 5. The molecule has 0 saturated carbocycles. The molecule has 1 aliphatic rings. The molecule has 1 N–H and O–H groups in total. The van der Waals surface area contributed by atoms with Gasteiger partial charge in [0.15, 0.2) is 5.58 Å². The van der Waals surface area contributed by atoms with Gasteiger partial charge in [-0.1, -0.05) is 6.07 Å². The van der Waals surface area contributed by atoms with Gasteiger partial charge < -0.3 is 9.73 Å². The first kappa shape index (κ1) is 23.1. The lowest BCUT2D eigenvalue weighted by atomic mass is 9.97. The fourth-order valence-corrected chi connectivity index (χ4v) is 5.29. The van der Waals surface area contributed by atoms with Gasteiger partial charge in [-0.3, -0.25) is 9.36 Å². The van der Waals surface area contributed by atoms with Crippen LogP contribution in [0.5, 0.6) is 0 Å². The maximum atomic E-state index is 13.0. The molecule has 0 radical (unpaired) electrons. The van der Waals surface area contributed by atoms with Crippen molar-refractivity contribution in [2.24, 2.45) is 13.0 Å². The number of halogens is 3. The summed E-state index contributed by atoms with van der Waals surface area (Å²) in [5.41, 5.74) is -0.224. The van der Waals surface area contributed by atoms with Crippen LogP contribution < -0.4 is 11.1 Å². The van der Waals surface area contributed by atoms with Crippen molar-refractivity contribution in [3.8, 4) is 0 Å². The summed E-state index contributed by atoms with van der Waals surface area (Å²) in [6.45, 7) is 0.138. The van der Waals surface area contributed by atoms with Crippen molar-refractivity contribution in [1.29, 1.82) is 0 Å². The van der Waals surface area contributed by atoms with Gasteiger partial charge >= 0.3 is 11.9 Å². The first-order valence-electron chi connectivity index (χ1n) is 10.0. The van der Waals surface area contributed by atoms with Gasteiger partial charge in [-0.2, -0.15) is 17.5 Å². The monoisotopic (exact) mass is 483 g/mol. The van der Waals surface area contributed by atoms with Gasteiger partial charge in [0, 0.05) is 37.8 Å². The molecule has 4 rings (SSSR count). The lowest BCUT2D eigenvalue weighted by Gasteiger charge is -2.30. The maximum absolute atomic E-state index is 13.0. The predicted molar refractivity (Wildman–Crippen MR) is 113 cm³/mol. The Balaban J connectivity index is 1.43. The highest BCUT2D eigenvalue weighted by Gasteiger charge is 2.33. The summed E-state index contributed by atoms with van der Waals surface area (Å²) in [6, 6.07) is 8.51. The number of benzene rings is 2. The van der Waals surface area contributed by atoms with Crippen LogP contribution in [0.1, 0.15) is 18.4 Å². The standard InChI is InChI=1S/C21H20F3N3O5S/c1-26-17-6-5-16(12-18(17)32-20(26)29)33(30,31)27-9-7-13(8-10-27)19(28)25-15-4-2-3-14(11-15)21(22,23)24/h2-6,11-13H,7-10H2,1H3,(H,25,28). The Bertz CT molecular complexity index is 1370. The average Bonchev–Trinajstić information content (AvgIpc) is 3.06. The number of rotatable bonds is 4. The molecular weight excluding hydrogens is 463 g/mol. The molecule has 3 aromatic rings. The first-order chi connectivity index (χ1) is 15.5. The molecule has 2 heterocycles. The highest BCUT2D eigenvalue weighted by molar-refractivity contribution is 7.89. The van der Waals surface area contributed by atoms with Gasteiger partial charge in [-0.25, -0.2) is 13.2 Å². The molecule has 8 nitrogen and oxygen atoms in total. The zero-order valence-corrected chi connectivity index (χ0v) is 18.2. The van der Waals surface area contributed by atoms with Crippen molar-refractivity contribution in [3.05, 3.63) is 58.6 Å². The van der Waals surface area contributed by atoms with Gasteiger partial charge in [-0.15, -0.1) is 0 Å². The Morgan fingerprint density at radius 1 is 1.12 bits per heavy atom. The number of nitrogens with zero attached hydrogens (tertiary/aromatic N) is 2. The molecule has 2 aromatic carbocycles. The molecule has 1 saturated heterocycles. The van der Waals surface area contributed by atoms with E-state index in [4.69, 9.17) is 4.42 Å². The minimum absolute atomic E-state index is 0.0301. The molecule has 1 aromatic heterocycles. The van der Waals surface area contributed by atoms with Gasteiger partial charge in [-0.05, 0) is 43.2 Å². The van der Waals surface area contributed by atoms with E-state index >= 15 is 0 Å². The molecule has 0 bridgehead atoms. The number of fused-ring (bicyclic) bond motifs is 1. The third-order valence-corrected chi connectivity index (χ3v) is 7.58. The smallest absolute Gasteiger partial charge is 0.408 e. The van der Waals surface area contributed by atoms with Crippen molar-refractivity contribution in [2.45, 2.75) is 23.9 Å². The summed E-state index contributed by atoms with van der Waals surface area (Å²) in [7, 11) is -2.37. The molecular formula is C21H20F3N3O5S. The minimum Gasteiger partial charge on any atom is -0.408 e. The van der Waals surface area contributed by atoms with Gasteiger partial charge in [0.05, 0.1) is 16.0 Å². The largest absolute Gasteiger partial charge is 0.419 e. The second kappa shape index (κ2) is 8.34. The van der Waals surface area contributed by atoms with Crippen molar-refractivity contribution in [2.75, 3.05) is 18.4 Å². The zero-order chi connectivity index (χ0) is 24.0. The molecule has 33 heavy (non-hydrogen) atoms. The highest BCUT2D eigenvalue weighted by Crippen LogP contribution is 2.31. The van der Waals surface area contributed by atoms with E-state index in [0.29, 0.717) is 5.52 Å². The Hall–Kier alpha value is -3.12. The quantitative estimate of drug-likeness (QED) is 0.614. The lowest BCUT2D eigenvalue weighted by molar-refractivity contribution is -0.137. The SMILES string of the molecule is Cn1c(=O)oc2cc(S(=O)(=O)N3CCC(C(=O)Nc4cccc(C(F)(F)F)c4)CC3)ccc21. The van der Waals surface area contributed by atoms with Crippen molar-refractivity contribution < 1.29 is 30.8 Å². The van der Waals surface area contributed by atoms with Crippen LogP contribution in [0.3, 0.4) is 0 Å². The molecule has 1 amide bonds. The number of carbonyl (C=O) groups is 1. The summed E-state index contributed by atoms with van der Waals surface area (Å²) in [6.07, 6.45) is -4.09. The summed E-state index contributed by atoms with van der Waals surface area (Å²) in [4.78, 5) is 24.1. The van der Waals surface area contributed by atoms with E-state index in [-0.39, 0.29) is 42.1 Å². The summed E-state index contributed by atoms with van der Waals surface area (Å²) >= 11 is 0. The fourth-order valence-electron chi connectivity index (χ4n) is 3.80. The first-order valence-corrected chi connectivity index (χ1v) is 11.5. The second-order valence-electron chi connectivity index (χ2n) is 7.80. The third-order valence-electron chi connectivity index (χ3n) is 5.68. The Kier molecular flexibility index (Phi) is 5.83. The summed E-state index contributed by atoms with van der Waals surface area (Å²) in [5, 5.41) is 2.49. The summed E-state index contributed by atoms with van der Waals surface area (Å²) in [5.74, 6) is -1.60. The third kappa shape index (κ3) is 4.53. The van der Waals surface area contributed by atoms with E-state index in [1.165, 1.54) is 46.3 Å². The molecule has 176 valence electrons. The normalized spacial score (nSPS) is 16.2. The Morgan fingerprint density at radius 3 is 2.48 bits per heavy atom. The number of oxazole rings is 1. The van der Waals surface area contributed by atoms with Crippen LogP contribution in [0.2, 0.25) is 0 Å². The van der Waals surface area contributed by atoms with Crippen LogP contribution in [0.4, 0.5) is 18.9 Å². The van der Waals surface area contributed by atoms with E-state index in [1.54, 1.807) is 0 Å². The van der Waals surface area contributed by atoms with E-state index in [0.717, 1.165) is 12.1 Å². The van der Waals surface area contributed by atoms with Crippen molar-refractivity contribution in [3.63, 3.8) is 0 Å². The zero-order valence-electron chi connectivity index (χ0n) is 17.4. The second-order valence-corrected chi connectivity index (χ2v) is 9.74. The van der Waals surface area contributed by atoms with Gasteiger partial charge in [0.25, 0.3) is 0 Å². The van der Waals surface area contributed by atoms with Crippen LogP contribution in [0.25, 0.3) is 11.1 Å². The van der Waals surface area contributed by atoms with Crippen molar-refractivity contribution >= 4 is 32.7 Å². The molecule has 0 aliphatic carbocycles. The molecule has 12 heteroatoms. The number of sulfonamides is 1. The number of nitrogens with one attached hydrogen (secondary N) is 1. The number of anilines is 1. The van der Waals surface area contributed by atoms with E-state index < -0.39 is 39.3 Å². The Morgan fingerprint density at radius 2 is 1.82 bits per heavy atom. The number of hydrogen-bond donors (Lipinski definition) is 1. The Labute approximate surface area is 186 Å². The molecule has 0 unspecified atom stereocenters. The molecule has 0 atom stereocenters.